The minimum absolute atomic E-state index is 0.592. The molecule has 0 aliphatic heterocycles. The van der Waals surface area contributed by atoms with Gasteiger partial charge in [0.05, 0.1) is 19.8 Å². The van der Waals surface area contributed by atoms with Gasteiger partial charge in [0, 0.05) is 6.61 Å². The zero-order chi connectivity index (χ0) is 9.94. The third kappa shape index (κ3) is 8.60. The molecule has 0 N–H and O–H groups in total. The summed E-state index contributed by atoms with van der Waals surface area (Å²) in [4.78, 5) is 0. The molecular formula is C10H22O2S. The quantitative estimate of drug-likeness (QED) is 0.461. The number of hydrogen-bond donors (Lipinski definition) is 1. The highest BCUT2D eigenvalue weighted by molar-refractivity contribution is 7.80. The molecule has 0 radical (unpaired) electrons. The lowest BCUT2D eigenvalue weighted by molar-refractivity contribution is 0.0360. The maximum atomic E-state index is 5.45. The summed E-state index contributed by atoms with van der Waals surface area (Å²) in [5.74, 6) is 1.50. The van der Waals surface area contributed by atoms with Crippen molar-refractivity contribution < 1.29 is 9.47 Å². The molecule has 80 valence electrons. The molecule has 0 aliphatic carbocycles. The second-order valence-corrected chi connectivity index (χ2v) is 3.51. The summed E-state index contributed by atoms with van der Waals surface area (Å²) in [7, 11) is 0. The maximum Gasteiger partial charge on any atom is 0.0700 e. The van der Waals surface area contributed by atoms with E-state index in [1.165, 1.54) is 0 Å². The summed E-state index contributed by atoms with van der Waals surface area (Å²) in [6.45, 7) is 7.36. The van der Waals surface area contributed by atoms with Crippen molar-refractivity contribution in [3.05, 3.63) is 0 Å². The molecule has 0 rings (SSSR count). The van der Waals surface area contributed by atoms with Gasteiger partial charge in [-0.3, -0.25) is 0 Å². The van der Waals surface area contributed by atoms with E-state index in [0.29, 0.717) is 12.5 Å². The van der Waals surface area contributed by atoms with Gasteiger partial charge in [-0.05, 0) is 18.1 Å². The van der Waals surface area contributed by atoms with Crippen LogP contribution in [0.1, 0.15) is 26.7 Å². The van der Waals surface area contributed by atoms with Crippen LogP contribution in [0.2, 0.25) is 0 Å². The van der Waals surface area contributed by atoms with Crippen molar-refractivity contribution in [1.29, 1.82) is 0 Å². The van der Waals surface area contributed by atoms with Crippen LogP contribution in [0.3, 0.4) is 0 Å². The summed E-state index contributed by atoms with van der Waals surface area (Å²) in [6, 6.07) is 0. The van der Waals surface area contributed by atoms with E-state index >= 15 is 0 Å². The Bertz CT molecular complexity index is 94.9. The van der Waals surface area contributed by atoms with Gasteiger partial charge in [-0.15, -0.1) is 0 Å². The Hall–Kier alpha value is 0.270. The molecule has 0 heterocycles. The predicted octanol–water partition coefficient (Wildman–Crippen LogP) is 2.39. The average molecular weight is 206 g/mol. The molecule has 0 aromatic rings. The van der Waals surface area contributed by atoms with E-state index in [2.05, 4.69) is 26.5 Å². The fourth-order valence-corrected chi connectivity index (χ4v) is 1.28. The summed E-state index contributed by atoms with van der Waals surface area (Å²) in [5.41, 5.74) is 0. The number of rotatable bonds is 9. The zero-order valence-electron chi connectivity index (χ0n) is 8.79. The van der Waals surface area contributed by atoms with E-state index in [1.54, 1.807) is 0 Å². The molecule has 13 heavy (non-hydrogen) atoms. The summed E-state index contributed by atoms with van der Waals surface area (Å²) < 4.78 is 10.7. The Balaban J connectivity index is 3.05. The largest absolute Gasteiger partial charge is 0.379 e. The van der Waals surface area contributed by atoms with Crippen LogP contribution in [-0.4, -0.2) is 32.2 Å². The van der Waals surface area contributed by atoms with Crippen LogP contribution in [-0.2, 0) is 9.47 Å². The van der Waals surface area contributed by atoms with Crippen molar-refractivity contribution in [2.24, 2.45) is 5.92 Å². The summed E-state index contributed by atoms with van der Waals surface area (Å²) >= 11 is 4.24. The lowest BCUT2D eigenvalue weighted by Gasteiger charge is -2.11. The first kappa shape index (κ1) is 13.3. The molecule has 0 aromatic heterocycles. The van der Waals surface area contributed by atoms with Gasteiger partial charge in [-0.2, -0.15) is 12.6 Å². The molecule has 0 saturated heterocycles. The first-order valence-corrected chi connectivity index (χ1v) is 5.74. The van der Waals surface area contributed by atoms with Crippen molar-refractivity contribution in [1.82, 2.24) is 0 Å². The molecule has 3 heteroatoms. The highest BCUT2D eigenvalue weighted by Gasteiger charge is 2.02. The Labute approximate surface area is 87.4 Å². The van der Waals surface area contributed by atoms with Gasteiger partial charge in [0.2, 0.25) is 0 Å². The predicted molar refractivity (Wildman–Crippen MR) is 59.6 cm³/mol. The first-order valence-electron chi connectivity index (χ1n) is 5.11. The molecule has 0 amide bonds. The molecular weight excluding hydrogens is 184 g/mol. The Kier molecular flexibility index (Phi) is 10.6. The molecule has 2 nitrogen and oxygen atoms in total. The molecule has 0 aliphatic rings. The van der Waals surface area contributed by atoms with E-state index in [1.807, 2.05) is 0 Å². The van der Waals surface area contributed by atoms with Gasteiger partial charge >= 0.3 is 0 Å². The first-order chi connectivity index (χ1) is 6.35. The van der Waals surface area contributed by atoms with E-state index < -0.39 is 0 Å². The van der Waals surface area contributed by atoms with Crippen molar-refractivity contribution >= 4 is 12.6 Å². The van der Waals surface area contributed by atoms with Crippen molar-refractivity contribution in [3.8, 4) is 0 Å². The van der Waals surface area contributed by atoms with Crippen molar-refractivity contribution in [3.63, 3.8) is 0 Å². The second-order valence-electron chi connectivity index (χ2n) is 3.14. The van der Waals surface area contributed by atoms with Crippen LogP contribution < -0.4 is 0 Å². The third-order valence-corrected chi connectivity index (χ3v) is 2.43. The van der Waals surface area contributed by atoms with Gasteiger partial charge < -0.3 is 9.47 Å². The number of ether oxygens (including phenoxy) is 2. The van der Waals surface area contributed by atoms with Crippen LogP contribution in [0, 0.1) is 5.92 Å². The monoisotopic (exact) mass is 206 g/mol. The second kappa shape index (κ2) is 10.4. The smallest absolute Gasteiger partial charge is 0.0700 e. The normalized spacial score (nSPS) is 13.2. The topological polar surface area (TPSA) is 18.5 Å². The Morgan fingerprint density at radius 1 is 1.08 bits per heavy atom. The van der Waals surface area contributed by atoms with Crippen molar-refractivity contribution in [2.75, 3.05) is 32.2 Å². The van der Waals surface area contributed by atoms with Crippen molar-refractivity contribution in [2.45, 2.75) is 26.7 Å². The molecule has 0 bridgehead atoms. The lowest BCUT2D eigenvalue weighted by Crippen LogP contribution is -2.13. The van der Waals surface area contributed by atoms with Gasteiger partial charge in [0.15, 0.2) is 0 Å². The number of hydrogen-bond acceptors (Lipinski definition) is 3. The van der Waals surface area contributed by atoms with Crippen LogP contribution >= 0.6 is 12.6 Å². The van der Waals surface area contributed by atoms with Gasteiger partial charge in [0.1, 0.15) is 0 Å². The van der Waals surface area contributed by atoms with Gasteiger partial charge in [-0.1, -0.05) is 20.3 Å². The Morgan fingerprint density at radius 3 is 2.31 bits per heavy atom. The van der Waals surface area contributed by atoms with Gasteiger partial charge in [0.25, 0.3) is 0 Å². The van der Waals surface area contributed by atoms with Crippen LogP contribution in [0.15, 0.2) is 0 Å². The van der Waals surface area contributed by atoms with Crippen LogP contribution in [0.5, 0.6) is 0 Å². The third-order valence-electron chi connectivity index (χ3n) is 1.91. The number of thiol groups is 1. The fraction of sp³-hybridized carbons (Fsp3) is 1.00. The molecule has 0 aromatic carbocycles. The fourth-order valence-electron chi connectivity index (χ4n) is 0.914. The average Bonchev–Trinajstić information content (AvgIpc) is 2.17. The molecule has 0 saturated carbocycles. The Morgan fingerprint density at radius 2 is 1.77 bits per heavy atom. The van der Waals surface area contributed by atoms with E-state index in [-0.39, 0.29) is 0 Å². The molecule has 0 fully saturated rings. The lowest BCUT2D eigenvalue weighted by atomic mass is 10.1. The van der Waals surface area contributed by atoms with Crippen LogP contribution in [0.4, 0.5) is 0 Å². The minimum atomic E-state index is 0.592. The highest BCUT2D eigenvalue weighted by Crippen LogP contribution is 2.04. The SMILES string of the molecule is CCCOCCOCC(CC)CS. The van der Waals surface area contributed by atoms with E-state index in [0.717, 1.165) is 38.4 Å². The summed E-state index contributed by atoms with van der Waals surface area (Å²) in [6.07, 6.45) is 2.22. The molecule has 1 atom stereocenters. The van der Waals surface area contributed by atoms with E-state index in [4.69, 9.17) is 9.47 Å². The van der Waals surface area contributed by atoms with Gasteiger partial charge in [-0.25, -0.2) is 0 Å². The minimum Gasteiger partial charge on any atom is -0.379 e. The zero-order valence-corrected chi connectivity index (χ0v) is 9.69. The molecule has 1 unspecified atom stereocenters. The standard InChI is InChI=1S/C10H22O2S/c1-3-5-11-6-7-12-8-10(4-2)9-13/h10,13H,3-9H2,1-2H3. The molecule has 0 spiro atoms. The van der Waals surface area contributed by atoms with Crippen LogP contribution in [0.25, 0.3) is 0 Å². The van der Waals surface area contributed by atoms with E-state index in [9.17, 15) is 0 Å². The summed E-state index contributed by atoms with van der Waals surface area (Å²) in [5, 5.41) is 0. The highest BCUT2D eigenvalue weighted by atomic mass is 32.1. The maximum absolute atomic E-state index is 5.45.